The molecule has 5 aromatic rings. The quantitative estimate of drug-likeness (QED) is 0.158. The Morgan fingerprint density at radius 1 is 1.04 bits per heavy atom. The van der Waals surface area contributed by atoms with Crippen molar-refractivity contribution in [3.05, 3.63) is 41.6 Å². The molecule has 10 nitrogen and oxygen atoms in total. The number of anilines is 2. The van der Waals surface area contributed by atoms with Gasteiger partial charge in [-0.3, -0.25) is 14.8 Å². The van der Waals surface area contributed by atoms with Crippen molar-refractivity contribution in [2.75, 3.05) is 68.8 Å². The topological polar surface area (TPSA) is 93.7 Å². The molecule has 254 valence electrons. The maximum absolute atomic E-state index is 13.9. The number of likely N-dealkylation sites (tertiary alicyclic amines) is 2. The van der Waals surface area contributed by atoms with Crippen molar-refractivity contribution in [3.8, 4) is 5.75 Å². The first kappa shape index (κ1) is 30.4. The molecular weight excluding hydrogens is 633 g/mol. The molecule has 1 N–H and O–H groups in total. The third-order valence-electron chi connectivity index (χ3n) is 11.3. The molecular formula is C36H37F3N8O2. The van der Waals surface area contributed by atoms with E-state index in [2.05, 4.69) is 38.1 Å². The Labute approximate surface area is 280 Å². The summed E-state index contributed by atoms with van der Waals surface area (Å²) >= 11 is 0. The van der Waals surface area contributed by atoms with Crippen LogP contribution >= 0.6 is 0 Å². The van der Waals surface area contributed by atoms with Crippen LogP contribution < -0.4 is 19.8 Å². The van der Waals surface area contributed by atoms with Gasteiger partial charge >= 0.3 is 6.18 Å². The van der Waals surface area contributed by atoms with Gasteiger partial charge in [0.15, 0.2) is 12.4 Å². The first-order valence-corrected chi connectivity index (χ1v) is 16.9. The average molecular weight is 671 g/mol. The molecule has 2 aromatic heterocycles. The van der Waals surface area contributed by atoms with E-state index in [1.807, 2.05) is 30.0 Å². The Morgan fingerprint density at radius 3 is 2.47 bits per heavy atom. The van der Waals surface area contributed by atoms with Crippen LogP contribution in [0.5, 0.6) is 5.75 Å². The minimum absolute atomic E-state index is 0.0454. The average Bonchev–Trinajstić information content (AvgIpc) is 3.45. The highest BCUT2D eigenvalue weighted by Crippen LogP contribution is 2.46. The van der Waals surface area contributed by atoms with Gasteiger partial charge < -0.3 is 19.4 Å². The van der Waals surface area contributed by atoms with Crippen molar-refractivity contribution in [3.63, 3.8) is 0 Å². The van der Waals surface area contributed by atoms with E-state index in [9.17, 15) is 18.0 Å². The fourth-order valence-corrected chi connectivity index (χ4v) is 8.37. The van der Waals surface area contributed by atoms with Gasteiger partial charge in [0.1, 0.15) is 16.9 Å². The first-order chi connectivity index (χ1) is 23.5. The summed E-state index contributed by atoms with van der Waals surface area (Å²) in [5.74, 6) is 1.21. The number of fused-ring (bicyclic) bond motifs is 3. The van der Waals surface area contributed by atoms with Gasteiger partial charge in [-0.1, -0.05) is 19.2 Å². The van der Waals surface area contributed by atoms with Crippen molar-refractivity contribution in [1.29, 1.82) is 0 Å². The van der Waals surface area contributed by atoms with Gasteiger partial charge in [0, 0.05) is 77.5 Å². The Kier molecular flexibility index (Phi) is 6.62. The summed E-state index contributed by atoms with van der Waals surface area (Å²) in [6.45, 7) is 15.0. The smallest absolute Gasteiger partial charge is 0.422 e. The Balaban J connectivity index is 1.23. The first-order valence-electron chi connectivity index (χ1n) is 16.9. The van der Waals surface area contributed by atoms with Gasteiger partial charge in [-0.05, 0) is 68.4 Å². The number of rotatable bonds is 6. The van der Waals surface area contributed by atoms with Gasteiger partial charge in [-0.2, -0.15) is 23.3 Å². The number of benzene rings is 3. The molecule has 3 aromatic carbocycles. The monoisotopic (exact) mass is 670 g/mol. The van der Waals surface area contributed by atoms with Crippen LogP contribution in [-0.2, 0) is 4.79 Å². The Hall–Kier alpha value is -4.65. The zero-order chi connectivity index (χ0) is 33.8. The number of nitrogens with one attached hydrogen (secondary N) is 1. The van der Waals surface area contributed by atoms with Crippen molar-refractivity contribution in [2.45, 2.75) is 38.4 Å². The van der Waals surface area contributed by atoms with Crippen LogP contribution in [-0.4, -0.2) is 107 Å². The number of aromatic nitrogens is 4. The SMILES string of the molecule is C=CC(=O)N1CC2(CCN(c3nc(N4CC(N5CCC5)C4)nc4c(OCC(F)(F)F)c5c(cc34)c(=C)c3n[nH]c4ccc(C)c5c43)CC2)C1. The number of hydrogen-bond donors (Lipinski definition) is 1. The minimum atomic E-state index is -4.56. The van der Waals surface area contributed by atoms with Gasteiger partial charge in [0.05, 0.1) is 5.52 Å². The maximum atomic E-state index is 13.9. The lowest BCUT2D eigenvalue weighted by Gasteiger charge is -2.54. The molecule has 0 unspecified atom stereocenters. The zero-order valence-corrected chi connectivity index (χ0v) is 27.4. The number of carbonyl (C=O) groups excluding carboxylic acids is 1. The highest BCUT2D eigenvalue weighted by Gasteiger charge is 2.47. The number of aryl methyl sites for hydroxylation is 1. The van der Waals surface area contributed by atoms with Crippen LogP contribution in [0, 0.1) is 12.3 Å². The van der Waals surface area contributed by atoms with E-state index in [0.29, 0.717) is 76.4 Å². The molecule has 4 fully saturated rings. The molecule has 0 bridgehead atoms. The van der Waals surface area contributed by atoms with E-state index in [0.717, 1.165) is 60.9 Å². The number of hydrogen-bond acceptors (Lipinski definition) is 8. The van der Waals surface area contributed by atoms with E-state index in [1.54, 1.807) is 0 Å². The summed E-state index contributed by atoms with van der Waals surface area (Å²) in [5, 5.41) is 11.7. The number of H-pyrrole nitrogens is 1. The van der Waals surface area contributed by atoms with E-state index in [4.69, 9.17) is 14.7 Å². The molecule has 9 rings (SSSR count). The largest absolute Gasteiger partial charge is 0.481 e. The van der Waals surface area contributed by atoms with Crippen molar-refractivity contribution in [2.24, 2.45) is 5.41 Å². The van der Waals surface area contributed by atoms with Crippen LogP contribution in [0.4, 0.5) is 24.9 Å². The van der Waals surface area contributed by atoms with E-state index < -0.39 is 12.8 Å². The molecule has 1 amide bonds. The van der Waals surface area contributed by atoms with E-state index in [1.165, 1.54) is 12.5 Å². The van der Waals surface area contributed by atoms with Crippen LogP contribution in [0.1, 0.15) is 24.8 Å². The fourth-order valence-electron chi connectivity index (χ4n) is 8.37. The lowest BCUT2D eigenvalue weighted by Crippen LogP contribution is -2.63. The predicted molar refractivity (Wildman–Crippen MR) is 184 cm³/mol. The van der Waals surface area contributed by atoms with Gasteiger partial charge in [0.25, 0.3) is 0 Å². The second-order valence-corrected chi connectivity index (χ2v) is 14.3. The third kappa shape index (κ3) is 4.72. The number of alkyl halides is 3. The van der Waals surface area contributed by atoms with Crippen LogP contribution in [0.3, 0.4) is 0 Å². The second kappa shape index (κ2) is 10.7. The maximum Gasteiger partial charge on any atom is 0.422 e. The zero-order valence-electron chi connectivity index (χ0n) is 27.4. The molecule has 4 aliphatic rings. The van der Waals surface area contributed by atoms with Gasteiger partial charge in [-0.15, -0.1) is 0 Å². The molecule has 0 aliphatic carbocycles. The summed E-state index contributed by atoms with van der Waals surface area (Å²) in [5.41, 5.74) is 2.74. The highest BCUT2D eigenvalue weighted by atomic mass is 19.4. The van der Waals surface area contributed by atoms with Crippen molar-refractivity contribution < 1.29 is 22.7 Å². The van der Waals surface area contributed by atoms with Gasteiger partial charge in [-0.25, -0.2) is 4.98 Å². The van der Waals surface area contributed by atoms with Crippen LogP contribution in [0.2, 0.25) is 0 Å². The normalized spacial score (nSPS) is 20.0. The van der Waals surface area contributed by atoms with E-state index in [-0.39, 0.29) is 17.1 Å². The summed E-state index contributed by atoms with van der Waals surface area (Å²) in [4.78, 5) is 31.0. The molecule has 4 saturated heterocycles. The van der Waals surface area contributed by atoms with E-state index >= 15 is 0 Å². The van der Waals surface area contributed by atoms with Crippen molar-refractivity contribution in [1.82, 2.24) is 30.0 Å². The predicted octanol–water partition coefficient (Wildman–Crippen LogP) is 4.70. The second-order valence-electron chi connectivity index (χ2n) is 14.3. The summed E-state index contributed by atoms with van der Waals surface area (Å²) in [6, 6.07) is 6.25. The highest BCUT2D eigenvalue weighted by molar-refractivity contribution is 6.26. The Morgan fingerprint density at radius 2 is 1.80 bits per heavy atom. The number of nitrogens with zero attached hydrogens (tertiary/aromatic N) is 7. The number of amides is 1. The summed E-state index contributed by atoms with van der Waals surface area (Å²) < 4.78 is 47.6. The standard InChI is InChI=1S/C36H37F3N8O2/c1-4-26(48)47-17-35(18-47)8-12-45(13-9-35)33-24-14-23-21(3)30-29-25(42-43-30)7-6-20(2)27(29)28(23)32(49-19-36(37,38)39)31(24)40-34(41-33)46-15-22(16-46)44-10-5-11-44/h4,6-7,14,22H,1,3,5,8-13,15-19H2,2H3,(H,42,43). The number of ether oxygens (including phenoxy) is 1. The number of halogens is 3. The molecule has 1 spiro atoms. The molecule has 0 atom stereocenters. The minimum Gasteiger partial charge on any atom is -0.481 e. The molecule has 13 heteroatoms. The molecule has 49 heavy (non-hydrogen) atoms. The van der Waals surface area contributed by atoms with Crippen molar-refractivity contribution >= 4 is 67.7 Å². The lowest BCUT2D eigenvalue weighted by atomic mass is 9.72. The number of carbonyl (C=O) groups is 1. The number of aromatic amines is 1. The lowest BCUT2D eigenvalue weighted by molar-refractivity contribution is -0.153. The van der Waals surface area contributed by atoms with Crippen LogP contribution in [0.15, 0.2) is 30.9 Å². The summed E-state index contributed by atoms with van der Waals surface area (Å²) in [6.07, 6.45) is -0.275. The fraction of sp³-hybridized carbons (Fsp3) is 0.444. The molecule has 4 aliphatic heterocycles. The summed E-state index contributed by atoms with van der Waals surface area (Å²) in [7, 11) is 0. The Bertz CT molecular complexity index is 2220. The third-order valence-corrected chi connectivity index (χ3v) is 11.3. The molecule has 0 saturated carbocycles. The molecule has 0 radical (unpaired) electrons. The van der Waals surface area contributed by atoms with Crippen LogP contribution in [0.25, 0.3) is 50.1 Å². The van der Waals surface area contributed by atoms with Gasteiger partial charge in [0.2, 0.25) is 11.9 Å². The molecule has 6 heterocycles. The number of piperidine rings is 1.